The highest BCUT2D eigenvalue weighted by Gasteiger charge is 2.18. The molecule has 1 aromatic rings. The van der Waals surface area contributed by atoms with Crippen molar-refractivity contribution in [1.82, 2.24) is 0 Å². The molecule has 0 aliphatic heterocycles. The molecule has 0 aliphatic rings. The molecule has 0 heterocycles. The molecule has 0 aromatic heterocycles. The third-order valence-corrected chi connectivity index (χ3v) is 2.42. The maximum Gasteiger partial charge on any atom is 0.328 e. The van der Waals surface area contributed by atoms with Crippen molar-refractivity contribution < 1.29 is 9.53 Å². The summed E-state index contributed by atoms with van der Waals surface area (Å²) < 4.78 is 4.67. The van der Waals surface area contributed by atoms with Crippen LogP contribution in [0, 0.1) is 0 Å². The van der Waals surface area contributed by atoms with Crippen LogP contribution in [0.15, 0.2) is 24.3 Å². The standard InChI is InChI=1S/C11H16N2O2/c1-8(11(14)15-3)13(2)10-6-4-9(12)5-7-10/h4-8H,12H2,1-3H3. The lowest BCUT2D eigenvalue weighted by Gasteiger charge is -2.24. The predicted octanol–water partition coefficient (Wildman–Crippen LogP) is 1.27. The van der Waals surface area contributed by atoms with E-state index < -0.39 is 0 Å². The van der Waals surface area contributed by atoms with Crippen LogP contribution in [0.4, 0.5) is 11.4 Å². The largest absolute Gasteiger partial charge is 0.467 e. The van der Waals surface area contributed by atoms with Crippen molar-refractivity contribution in [2.75, 3.05) is 24.8 Å². The molecular formula is C11H16N2O2. The number of anilines is 2. The smallest absolute Gasteiger partial charge is 0.328 e. The Bertz CT molecular complexity index is 335. The first kappa shape index (κ1) is 11.4. The summed E-state index contributed by atoms with van der Waals surface area (Å²) in [4.78, 5) is 13.1. The zero-order valence-corrected chi connectivity index (χ0v) is 9.23. The number of carbonyl (C=O) groups excluding carboxylic acids is 1. The number of carbonyl (C=O) groups is 1. The van der Waals surface area contributed by atoms with Crippen LogP contribution in [0.25, 0.3) is 0 Å². The number of ether oxygens (including phenoxy) is 1. The van der Waals surface area contributed by atoms with Crippen molar-refractivity contribution in [3.8, 4) is 0 Å². The van der Waals surface area contributed by atoms with Gasteiger partial charge in [-0.1, -0.05) is 0 Å². The van der Waals surface area contributed by atoms with Gasteiger partial charge in [-0.3, -0.25) is 0 Å². The minimum Gasteiger partial charge on any atom is -0.467 e. The topological polar surface area (TPSA) is 55.6 Å². The molecule has 0 aliphatic carbocycles. The lowest BCUT2D eigenvalue weighted by molar-refractivity contribution is -0.141. The highest BCUT2D eigenvalue weighted by atomic mass is 16.5. The fraction of sp³-hybridized carbons (Fsp3) is 0.364. The molecule has 1 rings (SSSR count). The molecule has 0 bridgehead atoms. The molecule has 1 unspecified atom stereocenters. The number of rotatable bonds is 3. The van der Waals surface area contributed by atoms with E-state index in [0.29, 0.717) is 5.69 Å². The number of methoxy groups -OCH3 is 1. The van der Waals surface area contributed by atoms with Crippen molar-refractivity contribution >= 4 is 17.3 Å². The average Bonchev–Trinajstić information content (AvgIpc) is 2.27. The van der Waals surface area contributed by atoms with Crippen molar-refractivity contribution in [1.29, 1.82) is 0 Å². The zero-order valence-electron chi connectivity index (χ0n) is 9.23. The van der Waals surface area contributed by atoms with Crippen LogP contribution in [0.5, 0.6) is 0 Å². The van der Waals surface area contributed by atoms with Gasteiger partial charge in [-0.05, 0) is 31.2 Å². The normalized spacial score (nSPS) is 11.9. The van der Waals surface area contributed by atoms with E-state index in [1.165, 1.54) is 7.11 Å². The first-order valence-corrected chi connectivity index (χ1v) is 4.72. The highest BCUT2D eigenvalue weighted by Crippen LogP contribution is 2.17. The van der Waals surface area contributed by atoms with Crippen LogP contribution < -0.4 is 10.6 Å². The molecule has 1 atom stereocenters. The first-order chi connectivity index (χ1) is 7.06. The number of benzene rings is 1. The number of hydrogen-bond donors (Lipinski definition) is 1. The quantitative estimate of drug-likeness (QED) is 0.600. The molecule has 4 heteroatoms. The number of nitrogens with zero attached hydrogens (tertiary/aromatic N) is 1. The molecule has 0 spiro atoms. The van der Waals surface area contributed by atoms with Gasteiger partial charge in [0.1, 0.15) is 6.04 Å². The van der Waals surface area contributed by atoms with E-state index >= 15 is 0 Å². The van der Waals surface area contributed by atoms with Crippen LogP contribution >= 0.6 is 0 Å². The van der Waals surface area contributed by atoms with Crippen LogP contribution in [-0.4, -0.2) is 26.2 Å². The Kier molecular flexibility index (Phi) is 3.55. The van der Waals surface area contributed by atoms with Crippen LogP contribution in [-0.2, 0) is 9.53 Å². The van der Waals surface area contributed by atoms with E-state index in [4.69, 9.17) is 5.73 Å². The van der Waals surface area contributed by atoms with Gasteiger partial charge in [-0.15, -0.1) is 0 Å². The lowest BCUT2D eigenvalue weighted by atomic mass is 10.2. The SMILES string of the molecule is COC(=O)C(C)N(C)c1ccc(N)cc1. The highest BCUT2D eigenvalue weighted by molar-refractivity contribution is 5.79. The number of nitrogen functional groups attached to an aromatic ring is 1. The second-order valence-electron chi connectivity index (χ2n) is 3.40. The summed E-state index contributed by atoms with van der Waals surface area (Å²) in [7, 11) is 3.22. The number of hydrogen-bond acceptors (Lipinski definition) is 4. The van der Waals surface area contributed by atoms with E-state index in [2.05, 4.69) is 4.74 Å². The van der Waals surface area contributed by atoms with Gasteiger partial charge in [0.25, 0.3) is 0 Å². The van der Waals surface area contributed by atoms with Crippen LogP contribution in [0.2, 0.25) is 0 Å². The summed E-state index contributed by atoms with van der Waals surface area (Å²) in [6.07, 6.45) is 0. The fourth-order valence-electron chi connectivity index (χ4n) is 1.26. The summed E-state index contributed by atoms with van der Waals surface area (Å²) in [6.45, 7) is 1.79. The second-order valence-corrected chi connectivity index (χ2v) is 3.40. The summed E-state index contributed by atoms with van der Waals surface area (Å²) in [6, 6.07) is 7.04. The van der Waals surface area contributed by atoms with E-state index in [1.807, 2.05) is 24.1 Å². The third kappa shape index (κ3) is 2.62. The Balaban J connectivity index is 2.80. The summed E-state index contributed by atoms with van der Waals surface area (Å²) in [5, 5.41) is 0. The molecule has 0 saturated carbocycles. The van der Waals surface area contributed by atoms with Gasteiger partial charge in [0.2, 0.25) is 0 Å². The number of likely N-dealkylation sites (N-methyl/N-ethyl adjacent to an activating group) is 1. The monoisotopic (exact) mass is 208 g/mol. The molecule has 15 heavy (non-hydrogen) atoms. The van der Waals surface area contributed by atoms with E-state index in [1.54, 1.807) is 19.1 Å². The van der Waals surface area contributed by atoms with Gasteiger partial charge < -0.3 is 15.4 Å². The van der Waals surface area contributed by atoms with E-state index in [0.717, 1.165) is 5.69 Å². The number of nitrogens with two attached hydrogens (primary N) is 1. The van der Waals surface area contributed by atoms with Gasteiger partial charge in [0.05, 0.1) is 7.11 Å². The maximum atomic E-state index is 11.3. The minimum atomic E-state index is -0.307. The number of esters is 1. The van der Waals surface area contributed by atoms with Gasteiger partial charge in [0, 0.05) is 18.4 Å². The molecule has 2 N–H and O–H groups in total. The Hall–Kier alpha value is -1.71. The van der Waals surface area contributed by atoms with E-state index in [-0.39, 0.29) is 12.0 Å². The van der Waals surface area contributed by atoms with Crippen molar-refractivity contribution in [3.63, 3.8) is 0 Å². The maximum absolute atomic E-state index is 11.3. The predicted molar refractivity (Wildman–Crippen MR) is 60.7 cm³/mol. The molecule has 0 amide bonds. The van der Waals surface area contributed by atoms with Crippen molar-refractivity contribution in [2.24, 2.45) is 0 Å². The molecule has 0 radical (unpaired) electrons. The molecule has 0 fully saturated rings. The summed E-state index contributed by atoms with van der Waals surface area (Å²) in [5.74, 6) is -0.255. The van der Waals surface area contributed by atoms with Gasteiger partial charge >= 0.3 is 5.97 Å². The molecule has 82 valence electrons. The lowest BCUT2D eigenvalue weighted by Crippen LogP contribution is -2.36. The first-order valence-electron chi connectivity index (χ1n) is 4.72. The zero-order chi connectivity index (χ0) is 11.4. The summed E-state index contributed by atoms with van der Waals surface area (Å²) in [5.41, 5.74) is 7.22. The minimum absolute atomic E-state index is 0.255. The summed E-state index contributed by atoms with van der Waals surface area (Å²) >= 11 is 0. The molecule has 0 saturated heterocycles. The Labute approximate surface area is 89.6 Å². The molecular weight excluding hydrogens is 192 g/mol. The van der Waals surface area contributed by atoms with Gasteiger partial charge in [0.15, 0.2) is 0 Å². The van der Waals surface area contributed by atoms with Gasteiger partial charge in [-0.25, -0.2) is 4.79 Å². The van der Waals surface area contributed by atoms with Crippen molar-refractivity contribution in [3.05, 3.63) is 24.3 Å². The van der Waals surface area contributed by atoms with E-state index in [9.17, 15) is 4.79 Å². The molecule has 1 aromatic carbocycles. The van der Waals surface area contributed by atoms with Crippen molar-refractivity contribution in [2.45, 2.75) is 13.0 Å². The molecule has 4 nitrogen and oxygen atoms in total. The fourth-order valence-corrected chi connectivity index (χ4v) is 1.26. The Morgan fingerprint density at radius 3 is 2.40 bits per heavy atom. The van der Waals surface area contributed by atoms with Crippen LogP contribution in [0.1, 0.15) is 6.92 Å². The van der Waals surface area contributed by atoms with Gasteiger partial charge in [-0.2, -0.15) is 0 Å². The van der Waals surface area contributed by atoms with Crippen LogP contribution in [0.3, 0.4) is 0 Å². The third-order valence-electron chi connectivity index (χ3n) is 2.42. The Morgan fingerprint density at radius 1 is 1.40 bits per heavy atom. The second kappa shape index (κ2) is 4.68. The average molecular weight is 208 g/mol. The Morgan fingerprint density at radius 2 is 1.93 bits per heavy atom.